The molecule has 0 spiro atoms. The molecule has 2 aromatic rings. The third-order valence-electron chi connectivity index (χ3n) is 3.56. The van der Waals surface area contributed by atoms with Gasteiger partial charge in [-0.2, -0.15) is 0 Å². The Morgan fingerprint density at radius 3 is 1.62 bits per heavy atom. The first kappa shape index (κ1) is 17.7. The van der Waals surface area contributed by atoms with Crippen molar-refractivity contribution in [2.45, 2.75) is 0 Å². The van der Waals surface area contributed by atoms with Crippen LogP contribution in [-0.2, 0) is 0 Å². The topological polar surface area (TPSA) is 68.4 Å². The van der Waals surface area contributed by atoms with Gasteiger partial charge >= 0.3 is 0 Å². The minimum absolute atomic E-state index is 0.244. The van der Waals surface area contributed by atoms with E-state index in [-0.39, 0.29) is 11.5 Å². The van der Waals surface area contributed by atoms with Crippen LogP contribution >= 0.6 is 0 Å². The van der Waals surface area contributed by atoms with E-state index in [1.165, 1.54) is 0 Å². The van der Waals surface area contributed by atoms with Crippen LogP contribution in [0.2, 0.25) is 0 Å². The molecule has 0 bridgehead atoms. The molecule has 5 nitrogen and oxygen atoms in total. The Morgan fingerprint density at radius 2 is 1.21 bits per heavy atom. The first-order valence-corrected chi connectivity index (χ1v) is 7.91. The minimum Gasteiger partial charge on any atom is -0.507 e. The molecule has 0 heterocycles. The van der Waals surface area contributed by atoms with Crippen molar-refractivity contribution >= 4 is 12.4 Å². The molecule has 0 aliphatic carbocycles. The van der Waals surface area contributed by atoms with Crippen LogP contribution in [0.4, 0.5) is 0 Å². The normalized spacial score (nSPS) is 11.8. The van der Waals surface area contributed by atoms with E-state index in [0.29, 0.717) is 13.1 Å². The molecule has 0 aliphatic rings. The Balaban J connectivity index is 1.68. The number of aromatic hydroxyl groups is 2. The van der Waals surface area contributed by atoms with Crippen LogP contribution in [0.1, 0.15) is 11.1 Å². The van der Waals surface area contributed by atoms with Gasteiger partial charge in [-0.3, -0.25) is 9.98 Å². The number of benzene rings is 2. The molecule has 0 aliphatic heterocycles. The highest BCUT2D eigenvalue weighted by atomic mass is 16.3. The van der Waals surface area contributed by atoms with Crippen LogP contribution in [0.15, 0.2) is 58.5 Å². The van der Waals surface area contributed by atoms with E-state index in [1.54, 1.807) is 36.7 Å². The van der Waals surface area contributed by atoms with E-state index < -0.39 is 0 Å². The van der Waals surface area contributed by atoms with Gasteiger partial charge in [-0.1, -0.05) is 24.3 Å². The van der Waals surface area contributed by atoms with Crippen LogP contribution < -0.4 is 0 Å². The summed E-state index contributed by atoms with van der Waals surface area (Å²) in [5, 5.41) is 19.3. The predicted octanol–water partition coefficient (Wildman–Crippen LogP) is 2.57. The van der Waals surface area contributed by atoms with Crippen molar-refractivity contribution in [3.05, 3.63) is 59.7 Å². The Morgan fingerprint density at radius 1 is 0.792 bits per heavy atom. The van der Waals surface area contributed by atoms with Gasteiger partial charge in [-0.15, -0.1) is 0 Å². The van der Waals surface area contributed by atoms with Crippen LogP contribution in [-0.4, -0.2) is 60.8 Å². The summed E-state index contributed by atoms with van der Waals surface area (Å²) in [6.45, 7) is 2.95. The SMILES string of the molecule is CN(CCN=Cc1ccccc1O)CCN=Cc1ccccc1O. The Hall–Kier alpha value is -2.66. The molecule has 0 unspecified atom stereocenters. The van der Waals surface area contributed by atoms with Crippen molar-refractivity contribution in [1.82, 2.24) is 4.90 Å². The van der Waals surface area contributed by atoms with Gasteiger partial charge in [0.2, 0.25) is 0 Å². The molecule has 2 N–H and O–H groups in total. The van der Waals surface area contributed by atoms with Crippen LogP contribution in [0.3, 0.4) is 0 Å². The summed E-state index contributed by atoms with van der Waals surface area (Å²) in [4.78, 5) is 10.8. The summed E-state index contributed by atoms with van der Waals surface area (Å²) >= 11 is 0. The second kappa shape index (κ2) is 9.47. The van der Waals surface area contributed by atoms with Crippen molar-refractivity contribution in [1.29, 1.82) is 0 Å². The highest BCUT2D eigenvalue weighted by molar-refractivity contribution is 5.83. The van der Waals surface area contributed by atoms with Crippen molar-refractivity contribution < 1.29 is 10.2 Å². The molecule has 2 rings (SSSR count). The molecule has 0 atom stereocenters. The fourth-order valence-electron chi connectivity index (χ4n) is 2.09. The fourth-order valence-corrected chi connectivity index (χ4v) is 2.09. The molecule has 0 saturated carbocycles. The molecule has 2 aromatic carbocycles. The average Bonchev–Trinajstić information content (AvgIpc) is 2.58. The lowest BCUT2D eigenvalue weighted by molar-refractivity contribution is 0.354. The van der Waals surface area contributed by atoms with Gasteiger partial charge in [0.05, 0.1) is 13.1 Å². The molecule has 24 heavy (non-hydrogen) atoms. The number of para-hydroxylation sites is 2. The number of hydrogen-bond acceptors (Lipinski definition) is 5. The zero-order valence-electron chi connectivity index (χ0n) is 13.8. The highest BCUT2D eigenvalue weighted by Crippen LogP contribution is 2.13. The zero-order chi connectivity index (χ0) is 17.2. The molecular formula is C19H23N3O2. The van der Waals surface area contributed by atoms with Gasteiger partial charge in [0.15, 0.2) is 0 Å². The van der Waals surface area contributed by atoms with Crippen molar-refractivity contribution in [2.75, 3.05) is 33.2 Å². The average molecular weight is 325 g/mol. The lowest BCUT2D eigenvalue weighted by atomic mass is 10.2. The number of phenolic OH excluding ortho intramolecular Hbond substituents is 2. The lowest BCUT2D eigenvalue weighted by Gasteiger charge is -2.13. The molecule has 5 heteroatoms. The minimum atomic E-state index is 0.244. The third-order valence-corrected chi connectivity index (χ3v) is 3.56. The van der Waals surface area contributed by atoms with E-state index in [9.17, 15) is 10.2 Å². The Labute approximate surface area is 142 Å². The largest absolute Gasteiger partial charge is 0.507 e. The molecule has 0 radical (unpaired) electrons. The summed E-state index contributed by atoms with van der Waals surface area (Å²) in [6.07, 6.45) is 3.39. The summed E-state index contributed by atoms with van der Waals surface area (Å²) in [7, 11) is 2.02. The summed E-state index contributed by atoms with van der Waals surface area (Å²) in [5.74, 6) is 0.487. The maximum Gasteiger partial charge on any atom is 0.124 e. The van der Waals surface area contributed by atoms with E-state index in [0.717, 1.165) is 24.2 Å². The van der Waals surface area contributed by atoms with Crippen LogP contribution in [0.25, 0.3) is 0 Å². The summed E-state index contributed by atoms with van der Waals surface area (Å²) in [6, 6.07) is 14.3. The van der Waals surface area contributed by atoms with Gasteiger partial charge in [0.25, 0.3) is 0 Å². The van der Waals surface area contributed by atoms with E-state index in [4.69, 9.17) is 0 Å². The smallest absolute Gasteiger partial charge is 0.124 e. The second-order valence-corrected chi connectivity index (χ2v) is 5.49. The number of rotatable bonds is 8. The van der Waals surface area contributed by atoms with Gasteiger partial charge in [-0.05, 0) is 31.3 Å². The number of hydrogen-bond donors (Lipinski definition) is 2. The summed E-state index contributed by atoms with van der Waals surface area (Å²) < 4.78 is 0. The fraction of sp³-hybridized carbons (Fsp3) is 0.263. The Bertz CT molecular complexity index is 639. The summed E-state index contributed by atoms with van der Waals surface area (Å²) in [5.41, 5.74) is 1.46. The Kier molecular flexibility index (Phi) is 6.98. The first-order chi connectivity index (χ1) is 11.7. The predicted molar refractivity (Wildman–Crippen MR) is 98.6 cm³/mol. The van der Waals surface area contributed by atoms with Gasteiger partial charge in [0, 0.05) is 36.6 Å². The van der Waals surface area contributed by atoms with Gasteiger partial charge in [0.1, 0.15) is 11.5 Å². The lowest BCUT2D eigenvalue weighted by Crippen LogP contribution is -2.24. The maximum absolute atomic E-state index is 9.64. The maximum atomic E-state index is 9.64. The van der Waals surface area contributed by atoms with Crippen molar-refractivity contribution in [2.24, 2.45) is 9.98 Å². The molecular weight excluding hydrogens is 302 g/mol. The van der Waals surface area contributed by atoms with E-state index >= 15 is 0 Å². The quantitative estimate of drug-likeness (QED) is 0.733. The van der Waals surface area contributed by atoms with Crippen LogP contribution in [0.5, 0.6) is 11.5 Å². The highest BCUT2D eigenvalue weighted by Gasteiger charge is 1.98. The first-order valence-electron chi connectivity index (χ1n) is 7.91. The molecule has 0 fully saturated rings. The molecule has 0 aromatic heterocycles. The standard InChI is InChI=1S/C19H23N3O2/c1-22(12-10-20-14-16-6-2-4-8-18(16)23)13-11-21-15-17-7-3-5-9-19(17)24/h2-9,14-15,23-24H,10-13H2,1H3. The molecule has 0 saturated heterocycles. The van der Waals surface area contributed by atoms with Crippen LogP contribution in [0, 0.1) is 0 Å². The van der Waals surface area contributed by atoms with Crippen molar-refractivity contribution in [3.8, 4) is 11.5 Å². The zero-order valence-corrected chi connectivity index (χ0v) is 13.8. The number of nitrogens with zero attached hydrogens (tertiary/aromatic N) is 3. The van der Waals surface area contributed by atoms with Gasteiger partial charge in [-0.25, -0.2) is 0 Å². The molecule has 126 valence electrons. The third kappa shape index (κ3) is 5.85. The number of phenols is 2. The number of aliphatic imine (C=N–C) groups is 2. The van der Waals surface area contributed by atoms with E-state index in [2.05, 4.69) is 14.9 Å². The second-order valence-electron chi connectivity index (χ2n) is 5.49. The molecule has 0 amide bonds. The number of likely N-dealkylation sites (N-methyl/N-ethyl adjacent to an activating group) is 1. The monoisotopic (exact) mass is 325 g/mol. The van der Waals surface area contributed by atoms with E-state index in [1.807, 2.05) is 31.3 Å². The van der Waals surface area contributed by atoms with Crippen molar-refractivity contribution in [3.63, 3.8) is 0 Å². The van der Waals surface area contributed by atoms with Gasteiger partial charge < -0.3 is 15.1 Å².